The van der Waals surface area contributed by atoms with E-state index in [4.69, 9.17) is 18.9 Å². The molecule has 16 heavy (non-hydrogen) atoms. The van der Waals surface area contributed by atoms with Gasteiger partial charge in [-0.05, 0) is 13.8 Å². The summed E-state index contributed by atoms with van der Waals surface area (Å²) in [5.41, 5.74) is 0. The van der Waals surface area contributed by atoms with Crippen molar-refractivity contribution in [3.63, 3.8) is 0 Å². The van der Waals surface area contributed by atoms with Gasteiger partial charge in [0, 0.05) is 13.3 Å². The third-order valence-electron chi connectivity index (χ3n) is 3.26. The van der Waals surface area contributed by atoms with E-state index in [0.29, 0.717) is 6.42 Å². The first kappa shape index (κ1) is 10.5. The van der Waals surface area contributed by atoms with Crippen LogP contribution in [0.15, 0.2) is 0 Å². The summed E-state index contributed by atoms with van der Waals surface area (Å²) < 4.78 is 22.3. The number of carbonyl (C=O) groups excluding carboxylic acids is 1. The monoisotopic (exact) mass is 228 g/mol. The van der Waals surface area contributed by atoms with Crippen LogP contribution in [0.5, 0.6) is 0 Å². The van der Waals surface area contributed by atoms with Crippen molar-refractivity contribution in [1.29, 1.82) is 0 Å². The fraction of sp³-hybridized carbons (Fsp3) is 0.909. The van der Waals surface area contributed by atoms with Crippen molar-refractivity contribution in [1.82, 2.24) is 0 Å². The maximum Gasteiger partial charge on any atom is 0.302 e. The van der Waals surface area contributed by atoms with Gasteiger partial charge < -0.3 is 18.9 Å². The number of esters is 1. The van der Waals surface area contributed by atoms with Gasteiger partial charge in [0.2, 0.25) is 0 Å². The van der Waals surface area contributed by atoms with Crippen LogP contribution in [0.2, 0.25) is 0 Å². The van der Waals surface area contributed by atoms with Crippen LogP contribution in [-0.2, 0) is 23.7 Å². The lowest BCUT2D eigenvalue weighted by molar-refractivity contribution is -0.170. The second-order valence-corrected chi connectivity index (χ2v) is 5.09. The van der Waals surface area contributed by atoms with E-state index in [1.54, 1.807) is 0 Å². The molecule has 1 saturated carbocycles. The van der Waals surface area contributed by atoms with Gasteiger partial charge in [-0.2, -0.15) is 0 Å². The van der Waals surface area contributed by atoms with Crippen LogP contribution >= 0.6 is 0 Å². The van der Waals surface area contributed by atoms with Crippen LogP contribution in [-0.4, -0.2) is 42.3 Å². The minimum Gasteiger partial charge on any atom is -0.460 e. The summed E-state index contributed by atoms with van der Waals surface area (Å²) in [6.07, 6.45) is 0.473. The standard InChI is InChI=1S/C11H16O5/c1-5(12)13-7-4-6-8(14-6)10-9(7)15-11(2,3)16-10/h6-10H,4H2,1-3H3/t6-,7+,8-,9+,10-/m0/s1. The molecule has 90 valence electrons. The zero-order chi connectivity index (χ0) is 11.5. The molecule has 0 aromatic rings. The molecule has 5 atom stereocenters. The highest BCUT2D eigenvalue weighted by Crippen LogP contribution is 2.46. The van der Waals surface area contributed by atoms with Gasteiger partial charge in [-0.25, -0.2) is 0 Å². The summed E-state index contributed by atoms with van der Waals surface area (Å²) in [6, 6.07) is 0. The van der Waals surface area contributed by atoms with E-state index >= 15 is 0 Å². The largest absolute Gasteiger partial charge is 0.460 e. The highest BCUT2D eigenvalue weighted by molar-refractivity contribution is 5.66. The minimum absolute atomic E-state index is 0.0990. The van der Waals surface area contributed by atoms with Crippen molar-refractivity contribution in [2.75, 3.05) is 0 Å². The second-order valence-electron chi connectivity index (χ2n) is 5.09. The summed E-state index contributed by atoms with van der Waals surface area (Å²) in [7, 11) is 0. The Morgan fingerprint density at radius 3 is 2.62 bits per heavy atom. The average molecular weight is 228 g/mol. The van der Waals surface area contributed by atoms with Crippen molar-refractivity contribution in [3.05, 3.63) is 0 Å². The van der Waals surface area contributed by atoms with Gasteiger partial charge in [0.05, 0.1) is 6.10 Å². The summed E-state index contributed by atoms with van der Waals surface area (Å²) >= 11 is 0. The molecule has 0 amide bonds. The van der Waals surface area contributed by atoms with E-state index in [1.807, 2.05) is 13.8 Å². The highest BCUT2D eigenvalue weighted by Gasteiger charge is 2.62. The maximum atomic E-state index is 11.0. The molecule has 3 aliphatic rings. The fourth-order valence-electron chi connectivity index (χ4n) is 2.69. The molecule has 0 spiro atoms. The SMILES string of the molecule is CC(=O)O[C@@H]1C[C@@H]2O[C@@H]2[C@@H]2OC(C)(C)O[C@@H]21. The predicted molar refractivity (Wildman–Crippen MR) is 52.7 cm³/mol. The van der Waals surface area contributed by atoms with E-state index in [-0.39, 0.29) is 36.5 Å². The molecule has 2 saturated heterocycles. The maximum absolute atomic E-state index is 11.0. The van der Waals surface area contributed by atoms with Crippen molar-refractivity contribution in [2.24, 2.45) is 0 Å². The third-order valence-corrected chi connectivity index (χ3v) is 3.26. The number of ether oxygens (including phenoxy) is 4. The smallest absolute Gasteiger partial charge is 0.302 e. The van der Waals surface area contributed by atoms with E-state index in [2.05, 4.69) is 0 Å². The van der Waals surface area contributed by atoms with Gasteiger partial charge in [-0.1, -0.05) is 0 Å². The molecular formula is C11H16O5. The second kappa shape index (κ2) is 3.18. The predicted octanol–water partition coefficient (Wildman–Crippen LogP) is 0.609. The first-order valence-electron chi connectivity index (χ1n) is 5.64. The Bertz CT molecular complexity index is 326. The molecule has 3 fully saturated rings. The highest BCUT2D eigenvalue weighted by atomic mass is 16.8. The number of hydrogen-bond acceptors (Lipinski definition) is 5. The number of fused-ring (bicyclic) bond motifs is 3. The van der Waals surface area contributed by atoms with E-state index in [1.165, 1.54) is 6.92 Å². The number of epoxide rings is 1. The summed E-state index contributed by atoms with van der Waals surface area (Å²) in [6.45, 7) is 5.15. The lowest BCUT2D eigenvalue weighted by Gasteiger charge is -2.27. The van der Waals surface area contributed by atoms with Crippen molar-refractivity contribution >= 4 is 5.97 Å². The van der Waals surface area contributed by atoms with Crippen LogP contribution in [0.1, 0.15) is 27.2 Å². The van der Waals surface area contributed by atoms with E-state index in [9.17, 15) is 4.79 Å². The molecule has 5 heteroatoms. The molecule has 2 heterocycles. The molecule has 3 rings (SSSR count). The zero-order valence-electron chi connectivity index (χ0n) is 9.64. The summed E-state index contributed by atoms with van der Waals surface area (Å²) in [5, 5.41) is 0. The van der Waals surface area contributed by atoms with E-state index < -0.39 is 5.79 Å². The molecule has 0 aromatic carbocycles. The van der Waals surface area contributed by atoms with Gasteiger partial charge in [-0.3, -0.25) is 4.79 Å². The van der Waals surface area contributed by atoms with Crippen LogP contribution in [0, 0.1) is 0 Å². The van der Waals surface area contributed by atoms with Gasteiger partial charge in [0.15, 0.2) is 5.79 Å². The number of hydrogen-bond donors (Lipinski definition) is 0. The van der Waals surface area contributed by atoms with Gasteiger partial charge in [0.1, 0.15) is 24.4 Å². The van der Waals surface area contributed by atoms with Gasteiger partial charge in [-0.15, -0.1) is 0 Å². The zero-order valence-corrected chi connectivity index (χ0v) is 9.64. The van der Waals surface area contributed by atoms with Crippen molar-refractivity contribution in [3.8, 4) is 0 Å². The topological polar surface area (TPSA) is 57.3 Å². The summed E-state index contributed by atoms with van der Waals surface area (Å²) in [5.74, 6) is -0.898. The Labute approximate surface area is 94.0 Å². The molecule has 0 unspecified atom stereocenters. The minimum atomic E-state index is -0.616. The molecule has 0 radical (unpaired) electrons. The first-order valence-corrected chi connectivity index (χ1v) is 5.64. The Morgan fingerprint density at radius 2 is 1.94 bits per heavy atom. The molecule has 0 aromatic heterocycles. The number of rotatable bonds is 1. The van der Waals surface area contributed by atoms with Crippen LogP contribution in [0.25, 0.3) is 0 Å². The van der Waals surface area contributed by atoms with Crippen LogP contribution in [0.3, 0.4) is 0 Å². The average Bonchev–Trinajstić information content (AvgIpc) is 2.81. The number of carbonyl (C=O) groups is 1. The lowest BCUT2D eigenvalue weighted by Crippen LogP contribution is -2.45. The lowest BCUT2D eigenvalue weighted by atomic mass is 9.92. The fourth-order valence-corrected chi connectivity index (χ4v) is 2.69. The molecule has 5 nitrogen and oxygen atoms in total. The van der Waals surface area contributed by atoms with Gasteiger partial charge in [0.25, 0.3) is 0 Å². The summed E-state index contributed by atoms with van der Waals surface area (Å²) in [4.78, 5) is 11.0. The van der Waals surface area contributed by atoms with Crippen LogP contribution < -0.4 is 0 Å². The Morgan fingerprint density at radius 1 is 1.25 bits per heavy atom. The molecule has 2 aliphatic heterocycles. The van der Waals surface area contributed by atoms with Crippen molar-refractivity contribution < 1.29 is 23.7 Å². The van der Waals surface area contributed by atoms with E-state index in [0.717, 1.165) is 0 Å². The Hall–Kier alpha value is -0.650. The Kier molecular flexibility index (Phi) is 2.09. The van der Waals surface area contributed by atoms with Crippen molar-refractivity contribution in [2.45, 2.75) is 63.5 Å². The van der Waals surface area contributed by atoms with Gasteiger partial charge >= 0.3 is 5.97 Å². The normalized spacial score (nSPS) is 48.1. The molecule has 0 bridgehead atoms. The first-order chi connectivity index (χ1) is 7.46. The molecular weight excluding hydrogens is 212 g/mol. The molecule has 0 N–H and O–H groups in total. The quantitative estimate of drug-likeness (QED) is 0.486. The molecule has 1 aliphatic carbocycles. The third kappa shape index (κ3) is 1.63. The Balaban J connectivity index is 1.78. The van der Waals surface area contributed by atoms with Crippen LogP contribution in [0.4, 0.5) is 0 Å².